The Kier molecular flexibility index (Phi) is 3.49. The summed E-state index contributed by atoms with van der Waals surface area (Å²) < 4.78 is 4.76. The summed E-state index contributed by atoms with van der Waals surface area (Å²) in [5, 5.41) is 0.241. The molecular weight excluding hydrogens is 225 g/mol. The molecule has 0 atom stereocenters. The van der Waals surface area contributed by atoms with Crippen LogP contribution in [0, 0.1) is 0 Å². The van der Waals surface area contributed by atoms with Gasteiger partial charge in [0.25, 0.3) is 0 Å². The predicted molar refractivity (Wildman–Crippen MR) is 54.5 cm³/mol. The van der Waals surface area contributed by atoms with Crippen LogP contribution >= 0.6 is 23.2 Å². The van der Waals surface area contributed by atoms with Crippen molar-refractivity contribution in [2.75, 3.05) is 0 Å². The first kappa shape index (κ1) is 11.0. The molecule has 0 saturated heterocycles. The van der Waals surface area contributed by atoms with Crippen LogP contribution < -0.4 is 0 Å². The Hall–Kier alpha value is -1.06. The standard InChI is InChI=1S/C9H7Cl2NO2/c1-5(2)14-9(13)6-3-4-7(10)12-8(6)11/h3-4H,1H2,2H3. The molecule has 14 heavy (non-hydrogen) atoms. The number of aromatic nitrogens is 1. The molecule has 0 N–H and O–H groups in total. The third-order valence-corrected chi connectivity index (χ3v) is 1.80. The van der Waals surface area contributed by atoms with E-state index in [9.17, 15) is 4.79 Å². The van der Waals surface area contributed by atoms with E-state index in [1.54, 1.807) is 6.92 Å². The molecule has 0 aliphatic carbocycles. The third-order valence-electron chi connectivity index (χ3n) is 1.30. The summed E-state index contributed by atoms with van der Waals surface area (Å²) >= 11 is 11.2. The van der Waals surface area contributed by atoms with Gasteiger partial charge in [-0.15, -0.1) is 0 Å². The van der Waals surface area contributed by atoms with Crippen molar-refractivity contribution in [2.24, 2.45) is 0 Å². The van der Waals surface area contributed by atoms with Crippen LogP contribution in [-0.2, 0) is 4.74 Å². The second kappa shape index (κ2) is 4.44. The van der Waals surface area contributed by atoms with Crippen LogP contribution in [0.2, 0.25) is 10.3 Å². The summed E-state index contributed by atoms with van der Waals surface area (Å²) in [6.45, 7) is 5.00. The molecule has 1 aromatic heterocycles. The second-order valence-corrected chi connectivity index (χ2v) is 3.31. The van der Waals surface area contributed by atoms with E-state index in [2.05, 4.69) is 11.6 Å². The van der Waals surface area contributed by atoms with Crippen LogP contribution in [0.25, 0.3) is 0 Å². The van der Waals surface area contributed by atoms with Gasteiger partial charge >= 0.3 is 5.97 Å². The summed E-state index contributed by atoms with van der Waals surface area (Å²) in [5.41, 5.74) is 0.166. The highest BCUT2D eigenvalue weighted by Crippen LogP contribution is 2.18. The number of esters is 1. The molecule has 3 nitrogen and oxygen atoms in total. The zero-order valence-electron chi connectivity index (χ0n) is 7.38. The Morgan fingerprint density at radius 2 is 2.14 bits per heavy atom. The van der Waals surface area contributed by atoms with E-state index < -0.39 is 5.97 Å². The summed E-state index contributed by atoms with van der Waals surface area (Å²) in [7, 11) is 0. The Balaban J connectivity index is 2.96. The lowest BCUT2D eigenvalue weighted by Crippen LogP contribution is -2.04. The average Bonchev–Trinajstić information content (AvgIpc) is 2.01. The molecule has 0 spiro atoms. The summed E-state index contributed by atoms with van der Waals surface area (Å²) in [6.07, 6.45) is 0. The molecule has 0 aliphatic rings. The molecule has 0 amide bonds. The van der Waals surface area contributed by atoms with Crippen molar-refractivity contribution in [3.8, 4) is 0 Å². The number of carbonyl (C=O) groups excluding carboxylic acids is 1. The van der Waals surface area contributed by atoms with Crippen molar-refractivity contribution in [1.82, 2.24) is 4.98 Å². The molecule has 74 valence electrons. The van der Waals surface area contributed by atoms with Gasteiger partial charge in [0, 0.05) is 0 Å². The highest BCUT2D eigenvalue weighted by Gasteiger charge is 2.13. The number of pyridine rings is 1. The van der Waals surface area contributed by atoms with E-state index in [0.717, 1.165) is 0 Å². The van der Waals surface area contributed by atoms with Crippen LogP contribution in [0.15, 0.2) is 24.5 Å². The highest BCUT2D eigenvalue weighted by atomic mass is 35.5. The zero-order valence-corrected chi connectivity index (χ0v) is 8.89. The van der Waals surface area contributed by atoms with Crippen molar-refractivity contribution in [3.05, 3.63) is 40.3 Å². The van der Waals surface area contributed by atoms with Crippen molar-refractivity contribution in [3.63, 3.8) is 0 Å². The molecule has 0 aliphatic heterocycles. The lowest BCUT2D eigenvalue weighted by molar-refractivity contribution is 0.0627. The van der Waals surface area contributed by atoms with Gasteiger partial charge in [0.15, 0.2) is 0 Å². The monoisotopic (exact) mass is 231 g/mol. The maximum absolute atomic E-state index is 11.3. The van der Waals surface area contributed by atoms with E-state index in [-0.39, 0.29) is 15.9 Å². The Labute approximate surface area is 91.3 Å². The Morgan fingerprint density at radius 3 is 2.64 bits per heavy atom. The minimum atomic E-state index is -0.591. The predicted octanol–water partition coefficient (Wildman–Crippen LogP) is 3.08. The number of nitrogens with zero attached hydrogens (tertiary/aromatic N) is 1. The minimum absolute atomic E-state index is 0.0174. The largest absolute Gasteiger partial charge is 0.428 e. The molecule has 1 rings (SSSR count). The number of hydrogen-bond acceptors (Lipinski definition) is 3. The van der Waals surface area contributed by atoms with Gasteiger partial charge in [0.1, 0.15) is 10.3 Å². The topological polar surface area (TPSA) is 39.2 Å². The fraction of sp³-hybridized carbons (Fsp3) is 0.111. The summed E-state index contributed by atoms with van der Waals surface area (Å²) in [5.74, 6) is -0.298. The fourth-order valence-electron chi connectivity index (χ4n) is 0.778. The van der Waals surface area contributed by atoms with Gasteiger partial charge in [0.05, 0.1) is 11.3 Å². The van der Waals surface area contributed by atoms with Crippen LogP contribution in [-0.4, -0.2) is 11.0 Å². The van der Waals surface area contributed by atoms with Crippen LogP contribution in [0.4, 0.5) is 0 Å². The van der Waals surface area contributed by atoms with Crippen molar-refractivity contribution >= 4 is 29.2 Å². The number of ether oxygens (including phenoxy) is 1. The quantitative estimate of drug-likeness (QED) is 0.446. The van der Waals surface area contributed by atoms with Gasteiger partial charge in [0.2, 0.25) is 0 Å². The van der Waals surface area contributed by atoms with E-state index in [1.165, 1.54) is 12.1 Å². The summed E-state index contributed by atoms with van der Waals surface area (Å²) in [4.78, 5) is 15.0. The first-order valence-corrected chi connectivity index (χ1v) is 4.46. The molecule has 1 aromatic rings. The molecule has 0 unspecified atom stereocenters. The van der Waals surface area contributed by atoms with Crippen LogP contribution in [0.5, 0.6) is 0 Å². The lowest BCUT2D eigenvalue weighted by atomic mass is 10.3. The van der Waals surface area contributed by atoms with Crippen molar-refractivity contribution < 1.29 is 9.53 Å². The second-order valence-electron chi connectivity index (χ2n) is 2.56. The Bertz CT molecular complexity index is 390. The molecule has 0 fully saturated rings. The van der Waals surface area contributed by atoms with Crippen LogP contribution in [0.3, 0.4) is 0 Å². The molecular formula is C9H7Cl2NO2. The summed E-state index contributed by atoms with van der Waals surface area (Å²) in [6, 6.07) is 2.91. The normalized spacial score (nSPS) is 9.64. The number of hydrogen-bond donors (Lipinski definition) is 0. The number of allylic oxidation sites excluding steroid dienone is 1. The van der Waals surface area contributed by atoms with Crippen molar-refractivity contribution in [2.45, 2.75) is 6.92 Å². The average molecular weight is 232 g/mol. The molecule has 1 heterocycles. The zero-order chi connectivity index (χ0) is 10.7. The fourth-order valence-corrected chi connectivity index (χ4v) is 1.20. The van der Waals surface area contributed by atoms with Gasteiger partial charge in [-0.3, -0.25) is 0 Å². The smallest absolute Gasteiger partial charge is 0.346 e. The molecule has 0 bridgehead atoms. The first-order chi connectivity index (χ1) is 6.50. The molecule has 0 saturated carbocycles. The number of halogens is 2. The minimum Gasteiger partial charge on any atom is -0.428 e. The van der Waals surface area contributed by atoms with E-state index >= 15 is 0 Å². The highest BCUT2D eigenvalue weighted by molar-refractivity contribution is 6.34. The third kappa shape index (κ3) is 2.72. The van der Waals surface area contributed by atoms with Crippen LogP contribution in [0.1, 0.15) is 17.3 Å². The molecule has 0 radical (unpaired) electrons. The van der Waals surface area contributed by atoms with E-state index in [4.69, 9.17) is 27.9 Å². The maximum atomic E-state index is 11.3. The van der Waals surface area contributed by atoms with Gasteiger partial charge in [-0.2, -0.15) is 0 Å². The first-order valence-electron chi connectivity index (χ1n) is 3.70. The van der Waals surface area contributed by atoms with Crippen molar-refractivity contribution in [1.29, 1.82) is 0 Å². The Morgan fingerprint density at radius 1 is 1.50 bits per heavy atom. The van der Waals surface area contributed by atoms with Gasteiger partial charge in [-0.05, 0) is 19.1 Å². The van der Waals surface area contributed by atoms with Gasteiger partial charge in [-0.25, -0.2) is 9.78 Å². The molecule has 5 heteroatoms. The maximum Gasteiger partial charge on any atom is 0.346 e. The lowest BCUT2D eigenvalue weighted by Gasteiger charge is -2.03. The van der Waals surface area contributed by atoms with Gasteiger partial charge < -0.3 is 4.74 Å². The molecule has 0 aromatic carbocycles. The SMILES string of the molecule is C=C(C)OC(=O)c1ccc(Cl)nc1Cl. The van der Waals surface area contributed by atoms with E-state index in [0.29, 0.717) is 5.76 Å². The number of rotatable bonds is 2. The number of carbonyl (C=O) groups is 1. The van der Waals surface area contributed by atoms with Gasteiger partial charge in [-0.1, -0.05) is 29.8 Å². The van der Waals surface area contributed by atoms with E-state index in [1.807, 2.05) is 0 Å².